The number of rotatable bonds is 7. The smallest absolute Gasteiger partial charge is 0.338 e. The number of nitrogens with zero attached hydrogens (tertiary/aromatic N) is 2. The van der Waals surface area contributed by atoms with Crippen molar-refractivity contribution in [3.63, 3.8) is 0 Å². The van der Waals surface area contributed by atoms with E-state index in [1.165, 1.54) is 29.2 Å². The Morgan fingerprint density at radius 1 is 1.05 bits per heavy atom. The summed E-state index contributed by atoms with van der Waals surface area (Å²) in [5.74, 6) is -1.86. The van der Waals surface area contributed by atoms with Crippen LogP contribution < -0.4 is 10.2 Å². The molecule has 0 radical (unpaired) electrons. The average Bonchev–Trinajstić information content (AvgIpc) is 3.22. The predicted molar refractivity (Wildman–Crippen MR) is 139 cm³/mol. The van der Waals surface area contributed by atoms with Gasteiger partial charge in [0.1, 0.15) is 22.5 Å². The second-order valence-electron chi connectivity index (χ2n) is 7.99. The van der Waals surface area contributed by atoms with E-state index in [2.05, 4.69) is 5.32 Å². The van der Waals surface area contributed by atoms with E-state index in [9.17, 15) is 24.0 Å². The Kier molecular flexibility index (Phi) is 8.01. The molecule has 7 nitrogen and oxygen atoms in total. The molecule has 1 atom stereocenters. The van der Waals surface area contributed by atoms with E-state index >= 15 is 0 Å². The summed E-state index contributed by atoms with van der Waals surface area (Å²) in [6.07, 6.45) is 0.317. The summed E-state index contributed by atoms with van der Waals surface area (Å²) in [6.45, 7) is 2.00. The maximum absolute atomic E-state index is 13.5. The van der Waals surface area contributed by atoms with Crippen LogP contribution in [-0.2, 0) is 20.7 Å². The Hall–Kier alpha value is -4.42. The Morgan fingerprint density at radius 2 is 1.73 bits per heavy atom. The van der Waals surface area contributed by atoms with Crippen molar-refractivity contribution in [3.8, 4) is 6.07 Å². The number of nitriles is 1. The van der Waals surface area contributed by atoms with Gasteiger partial charge in [0.2, 0.25) is 5.91 Å². The van der Waals surface area contributed by atoms with E-state index in [0.717, 1.165) is 17.3 Å². The topological polar surface area (TPSA) is 99.5 Å². The molecular formula is C28H22FN3O4S. The highest BCUT2D eigenvalue weighted by Gasteiger charge is 2.40. The molecule has 1 saturated heterocycles. The van der Waals surface area contributed by atoms with Crippen molar-refractivity contribution < 1.29 is 23.5 Å². The molecule has 1 N–H and O–H groups in total. The van der Waals surface area contributed by atoms with Gasteiger partial charge in [0, 0.05) is 11.4 Å². The van der Waals surface area contributed by atoms with Crippen molar-refractivity contribution in [1.29, 1.82) is 5.26 Å². The van der Waals surface area contributed by atoms with Crippen molar-refractivity contribution in [1.82, 2.24) is 0 Å². The first-order chi connectivity index (χ1) is 17.9. The van der Waals surface area contributed by atoms with E-state index < -0.39 is 22.9 Å². The highest BCUT2D eigenvalue weighted by atomic mass is 32.2. The molecule has 186 valence electrons. The van der Waals surface area contributed by atoms with Crippen LogP contribution in [0.15, 0.2) is 89.5 Å². The number of carbonyl (C=O) groups excluding carboxylic acids is 3. The third-order valence-electron chi connectivity index (χ3n) is 5.51. The van der Waals surface area contributed by atoms with E-state index in [4.69, 9.17) is 4.74 Å². The molecule has 1 fully saturated rings. The molecule has 9 heteroatoms. The minimum Gasteiger partial charge on any atom is -0.462 e. The SMILES string of the molecule is CCOC(=O)c1ccc(CC2S/C(=C(/C#N)C(=O)Nc3ccc(F)cc3)N(c3ccccc3)C2=O)cc1. The van der Waals surface area contributed by atoms with Crippen LogP contribution in [0.5, 0.6) is 0 Å². The molecule has 3 aromatic carbocycles. The number of carbonyl (C=O) groups is 3. The molecule has 1 aliphatic rings. The first kappa shape index (κ1) is 25.7. The van der Waals surface area contributed by atoms with Gasteiger partial charge in [-0.25, -0.2) is 9.18 Å². The normalized spacial score (nSPS) is 16.2. The Bertz CT molecular complexity index is 1380. The van der Waals surface area contributed by atoms with Crippen LogP contribution in [0.2, 0.25) is 0 Å². The van der Waals surface area contributed by atoms with Crippen LogP contribution in [0, 0.1) is 17.1 Å². The number of halogens is 1. The fraction of sp³-hybridized carbons (Fsp3) is 0.143. The largest absolute Gasteiger partial charge is 0.462 e. The van der Waals surface area contributed by atoms with E-state index in [1.54, 1.807) is 61.5 Å². The highest BCUT2D eigenvalue weighted by molar-refractivity contribution is 8.05. The number of amides is 2. The van der Waals surface area contributed by atoms with E-state index in [0.29, 0.717) is 23.4 Å². The molecule has 0 saturated carbocycles. The molecule has 0 bridgehead atoms. The van der Waals surface area contributed by atoms with Gasteiger partial charge in [-0.05, 0) is 67.4 Å². The Balaban J connectivity index is 1.64. The van der Waals surface area contributed by atoms with Crippen molar-refractivity contribution in [2.75, 3.05) is 16.8 Å². The van der Waals surface area contributed by atoms with Crippen LogP contribution in [0.3, 0.4) is 0 Å². The van der Waals surface area contributed by atoms with Crippen LogP contribution in [0.4, 0.5) is 15.8 Å². The van der Waals surface area contributed by atoms with Crippen LogP contribution in [-0.4, -0.2) is 29.6 Å². The van der Waals surface area contributed by atoms with Crippen LogP contribution in [0.1, 0.15) is 22.8 Å². The lowest BCUT2D eigenvalue weighted by atomic mass is 10.1. The zero-order valence-corrected chi connectivity index (χ0v) is 20.6. The van der Waals surface area contributed by atoms with Crippen molar-refractivity contribution in [2.24, 2.45) is 0 Å². The van der Waals surface area contributed by atoms with Gasteiger partial charge in [0.25, 0.3) is 5.91 Å². The molecule has 0 aliphatic carbocycles. The average molecular weight is 516 g/mol. The number of thioether (sulfide) groups is 1. The van der Waals surface area contributed by atoms with Gasteiger partial charge < -0.3 is 10.1 Å². The lowest BCUT2D eigenvalue weighted by Gasteiger charge is -2.18. The first-order valence-corrected chi connectivity index (χ1v) is 12.3. The molecule has 1 unspecified atom stereocenters. The second kappa shape index (κ2) is 11.5. The van der Waals surface area contributed by atoms with Gasteiger partial charge >= 0.3 is 5.97 Å². The first-order valence-electron chi connectivity index (χ1n) is 11.4. The van der Waals surface area contributed by atoms with Gasteiger partial charge in [0.15, 0.2) is 0 Å². The molecule has 3 aromatic rings. The summed E-state index contributed by atoms with van der Waals surface area (Å²) in [4.78, 5) is 39.9. The molecule has 1 heterocycles. The van der Waals surface area contributed by atoms with Crippen LogP contribution >= 0.6 is 11.8 Å². The molecule has 37 heavy (non-hydrogen) atoms. The predicted octanol–water partition coefficient (Wildman–Crippen LogP) is 5.07. The number of ether oxygens (including phenoxy) is 1. The zero-order chi connectivity index (χ0) is 26.4. The monoisotopic (exact) mass is 515 g/mol. The standard InChI is InChI=1S/C28H22FN3O4S/c1-2-36-28(35)19-10-8-18(9-11-19)16-24-26(34)32(22-6-4-3-5-7-22)27(37-24)23(17-30)25(33)31-21-14-12-20(29)13-15-21/h3-15,24H,2,16H2,1H3,(H,31,33)/b27-23-. The molecule has 0 aromatic heterocycles. The summed E-state index contributed by atoms with van der Waals surface area (Å²) < 4.78 is 18.3. The minimum absolute atomic E-state index is 0.214. The number of nitrogens with one attached hydrogen (secondary N) is 1. The summed E-state index contributed by atoms with van der Waals surface area (Å²) in [7, 11) is 0. The number of hydrogen-bond acceptors (Lipinski definition) is 6. The summed E-state index contributed by atoms with van der Waals surface area (Å²) in [5, 5.41) is 12.1. The van der Waals surface area contributed by atoms with Gasteiger partial charge in [-0.3, -0.25) is 14.5 Å². The third-order valence-corrected chi connectivity index (χ3v) is 6.77. The molecular weight excluding hydrogens is 493 g/mol. The number of hydrogen-bond donors (Lipinski definition) is 1. The third kappa shape index (κ3) is 5.88. The molecule has 1 aliphatic heterocycles. The van der Waals surface area contributed by atoms with Crippen molar-refractivity contribution in [3.05, 3.63) is 106 Å². The minimum atomic E-state index is -0.704. The van der Waals surface area contributed by atoms with Gasteiger partial charge in [-0.15, -0.1) is 0 Å². The quantitative estimate of drug-likeness (QED) is 0.268. The summed E-state index contributed by atoms with van der Waals surface area (Å²) >= 11 is 1.13. The number of anilines is 2. The van der Waals surface area contributed by atoms with Gasteiger partial charge in [-0.2, -0.15) is 5.26 Å². The molecule has 2 amide bonds. The molecule has 0 spiro atoms. The molecule has 4 rings (SSSR count). The highest BCUT2D eigenvalue weighted by Crippen LogP contribution is 2.42. The van der Waals surface area contributed by atoms with Crippen molar-refractivity contribution in [2.45, 2.75) is 18.6 Å². The zero-order valence-electron chi connectivity index (χ0n) is 19.8. The summed E-state index contributed by atoms with van der Waals surface area (Å²) in [6, 6.07) is 22.7. The number of benzene rings is 3. The lowest BCUT2D eigenvalue weighted by molar-refractivity contribution is -0.117. The van der Waals surface area contributed by atoms with Crippen molar-refractivity contribution >= 4 is 40.9 Å². The van der Waals surface area contributed by atoms with Crippen LogP contribution in [0.25, 0.3) is 0 Å². The Labute approximate surface area is 217 Å². The maximum Gasteiger partial charge on any atom is 0.338 e. The van der Waals surface area contributed by atoms with Gasteiger partial charge in [0.05, 0.1) is 17.4 Å². The number of esters is 1. The van der Waals surface area contributed by atoms with E-state index in [1.807, 2.05) is 6.07 Å². The fourth-order valence-corrected chi connectivity index (χ4v) is 5.04. The number of para-hydroxylation sites is 1. The van der Waals surface area contributed by atoms with Gasteiger partial charge in [-0.1, -0.05) is 42.1 Å². The summed E-state index contributed by atoms with van der Waals surface area (Å²) in [5.41, 5.74) is 1.83. The Morgan fingerprint density at radius 3 is 2.35 bits per heavy atom. The van der Waals surface area contributed by atoms with E-state index in [-0.39, 0.29) is 23.1 Å². The lowest BCUT2D eigenvalue weighted by Crippen LogP contribution is -2.30. The fourth-order valence-electron chi connectivity index (χ4n) is 3.73. The maximum atomic E-state index is 13.5. The second-order valence-corrected chi connectivity index (χ2v) is 9.18.